The number of carbonyl (C=O) groups excluding carboxylic acids is 1. The van der Waals surface area contributed by atoms with E-state index in [1.807, 2.05) is 18.9 Å². The van der Waals surface area contributed by atoms with Gasteiger partial charge in [0.15, 0.2) is 0 Å². The maximum atomic E-state index is 13.7. The lowest BCUT2D eigenvalue weighted by Gasteiger charge is -2.17. The van der Waals surface area contributed by atoms with Gasteiger partial charge in [0.1, 0.15) is 23.7 Å². The third-order valence-electron chi connectivity index (χ3n) is 3.65. The van der Waals surface area contributed by atoms with Crippen LogP contribution in [0, 0.1) is 5.82 Å². The Bertz CT molecular complexity index is 780. The smallest absolute Gasteiger partial charge is 0.360 e. The minimum Gasteiger partial charge on any atom is -0.360 e. The summed E-state index contributed by atoms with van der Waals surface area (Å²) >= 11 is 0. The van der Waals surface area contributed by atoms with Gasteiger partial charge in [-0.15, -0.1) is 0 Å². The summed E-state index contributed by atoms with van der Waals surface area (Å²) in [5, 5.41) is 2.38. The fourth-order valence-electron chi connectivity index (χ4n) is 2.28. The van der Waals surface area contributed by atoms with Crippen LogP contribution in [0.15, 0.2) is 30.6 Å². The van der Waals surface area contributed by atoms with Crippen molar-refractivity contribution in [3.05, 3.63) is 53.2 Å². The molecule has 0 saturated heterocycles. The molecule has 0 aliphatic heterocycles. The molecule has 2 rings (SSSR count). The topological polar surface area (TPSA) is 58.1 Å². The van der Waals surface area contributed by atoms with Gasteiger partial charge in [-0.05, 0) is 24.6 Å². The first-order valence-corrected chi connectivity index (χ1v) is 7.89. The van der Waals surface area contributed by atoms with Crippen molar-refractivity contribution in [3.63, 3.8) is 0 Å². The second kappa shape index (κ2) is 8.11. The van der Waals surface area contributed by atoms with Gasteiger partial charge in [-0.3, -0.25) is 4.79 Å². The maximum absolute atomic E-state index is 13.7. The second-order valence-electron chi connectivity index (χ2n) is 5.67. The highest BCUT2D eigenvalue weighted by atomic mass is 19.4. The molecule has 9 heteroatoms. The normalized spacial score (nSPS) is 11.3. The molecular weight excluding hydrogens is 352 g/mol. The molecular formula is C17H18F4N4O. The molecule has 0 aliphatic carbocycles. The van der Waals surface area contributed by atoms with Crippen molar-refractivity contribution >= 4 is 11.7 Å². The van der Waals surface area contributed by atoms with E-state index in [-0.39, 0.29) is 11.3 Å². The third kappa shape index (κ3) is 4.90. The fourth-order valence-corrected chi connectivity index (χ4v) is 2.28. The van der Waals surface area contributed by atoms with Gasteiger partial charge >= 0.3 is 6.18 Å². The molecule has 0 atom stereocenters. The maximum Gasteiger partial charge on any atom is 0.416 e. The average Bonchev–Trinajstić information content (AvgIpc) is 2.60. The third-order valence-corrected chi connectivity index (χ3v) is 3.65. The van der Waals surface area contributed by atoms with E-state index in [1.54, 1.807) is 0 Å². The van der Waals surface area contributed by atoms with E-state index in [1.165, 1.54) is 12.4 Å². The van der Waals surface area contributed by atoms with Crippen molar-refractivity contribution in [1.82, 2.24) is 15.3 Å². The number of benzene rings is 1. The van der Waals surface area contributed by atoms with Crippen LogP contribution in [0.25, 0.3) is 0 Å². The SMILES string of the molecule is CCCN(C)c1cc(C(=O)NCc2cc(C(F)(F)F)ccc2F)ncn1. The first-order chi connectivity index (χ1) is 12.2. The Kier molecular flexibility index (Phi) is 6.12. The van der Waals surface area contributed by atoms with E-state index < -0.39 is 30.0 Å². The lowest BCUT2D eigenvalue weighted by atomic mass is 10.1. The predicted molar refractivity (Wildman–Crippen MR) is 88.2 cm³/mol. The van der Waals surface area contributed by atoms with Crippen LogP contribution in [0.4, 0.5) is 23.4 Å². The van der Waals surface area contributed by atoms with Crippen molar-refractivity contribution in [3.8, 4) is 0 Å². The van der Waals surface area contributed by atoms with E-state index in [9.17, 15) is 22.4 Å². The molecule has 0 aliphatic rings. The number of carbonyl (C=O) groups is 1. The molecule has 0 bridgehead atoms. The van der Waals surface area contributed by atoms with Crippen LogP contribution in [0.2, 0.25) is 0 Å². The van der Waals surface area contributed by atoms with E-state index in [0.29, 0.717) is 18.0 Å². The molecule has 0 radical (unpaired) electrons. The summed E-state index contributed by atoms with van der Waals surface area (Å²) in [6, 6.07) is 3.53. The number of amides is 1. The Morgan fingerprint density at radius 1 is 1.23 bits per heavy atom. The first-order valence-electron chi connectivity index (χ1n) is 7.89. The molecule has 1 amide bonds. The highest BCUT2D eigenvalue weighted by Gasteiger charge is 2.31. The highest BCUT2D eigenvalue weighted by Crippen LogP contribution is 2.30. The summed E-state index contributed by atoms with van der Waals surface area (Å²) in [4.78, 5) is 21.9. The van der Waals surface area contributed by atoms with Gasteiger partial charge in [0.25, 0.3) is 5.91 Å². The van der Waals surface area contributed by atoms with Gasteiger partial charge in [0, 0.05) is 31.8 Å². The molecule has 0 saturated carbocycles. The van der Waals surface area contributed by atoms with Crippen LogP contribution in [0.3, 0.4) is 0 Å². The van der Waals surface area contributed by atoms with Crippen molar-refractivity contribution in [1.29, 1.82) is 0 Å². The molecule has 26 heavy (non-hydrogen) atoms. The molecule has 1 heterocycles. The lowest BCUT2D eigenvalue weighted by molar-refractivity contribution is -0.137. The van der Waals surface area contributed by atoms with Crippen LogP contribution in [0.1, 0.15) is 35.0 Å². The molecule has 0 spiro atoms. The Hall–Kier alpha value is -2.71. The Morgan fingerprint density at radius 3 is 2.62 bits per heavy atom. The van der Waals surface area contributed by atoms with Crippen molar-refractivity contribution in [2.75, 3.05) is 18.5 Å². The summed E-state index contributed by atoms with van der Waals surface area (Å²) in [5.41, 5.74) is -1.19. The zero-order valence-electron chi connectivity index (χ0n) is 14.3. The quantitative estimate of drug-likeness (QED) is 0.792. The zero-order chi connectivity index (χ0) is 19.3. The highest BCUT2D eigenvalue weighted by molar-refractivity contribution is 5.92. The monoisotopic (exact) mass is 370 g/mol. The van der Waals surface area contributed by atoms with Gasteiger partial charge in [0.2, 0.25) is 0 Å². The number of anilines is 1. The second-order valence-corrected chi connectivity index (χ2v) is 5.67. The lowest BCUT2D eigenvalue weighted by Crippen LogP contribution is -2.26. The number of hydrogen-bond acceptors (Lipinski definition) is 4. The molecule has 1 aromatic carbocycles. The predicted octanol–water partition coefficient (Wildman–Crippen LogP) is 3.41. The van der Waals surface area contributed by atoms with Crippen molar-refractivity contribution in [2.24, 2.45) is 0 Å². The molecule has 0 fully saturated rings. The molecule has 2 aromatic rings. The molecule has 1 aromatic heterocycles. The van der Waals surface area contributed by atoms with Gasteiger partial charge in [-0.1, -0.05) is 6.92 Å². The van der Waals surface area contributed by atoms with E-state index >= 15 is 0 Å². The summed E-state index contributed by atoms with van der Waals surface area (Å²) < 4.78 is 51.9. The standard InChI is InChI=1S/C17H18F4N4O/c1-3-6-25(2)15-8-14(23-10-24-15)16(26)22-9-11-7-12(17(19,20)21)4-5-13(11)18/h4-5,7-8,10H,3,6,9H2,1-2H3,(H,22,26). The minimum atomic E-state index is -4.59. The number of aromatic nitrogens is 2. The average molecular weight is 370 g/mol. The summed E-state index contributed by atoms with van der Waals surface area (Å²) in [5.74, 6) is -0.919. The number of halogens is 4. The summed E-state index contributed by atoms with van der Waals surface area (Å²) in [6.07, 6.45) is -2.48. The molecule has 140 valence electrons. The number of alkyl halides is 3. The number of nitrogens with zero attached hydrogens (tertiary/aromatic N) is 3. The summed E-state index contributed by atoms with van der Waals surface area (Å²) in [7, 11) is 1.81. The van der Waals surface area contributed by atoms with Crippen LogP contribution < -0.4 is 10.2 Å². The Labute approximate surface area is 148 Å². The van der Waals surface area contributed by atoms with Gasteiger partial charge in [-0.2, -0.15) is 13.2 Å². The van der Waals surface area contributed by atoms with Crippen LogP contribution >= 0.6 is 0 Å². The van der Waals surface area contributed by atoms with E-state index in [0.717, 1.165) is 19.0 Å². The molecule has 1 N–H and O–H groups in total. The van der Waals surface area contributed by atoms with Gasteiger partial charge < -0.3 is 10.2 Å². The van der Waals surface area contributed by atoms with E-state index in [2.05, 4.69) is 15.3 Å². The number of rotatable bonds is 6. The first kappa shape index (κ1) is 19.6. The minimum absolute atomic E-state index is 0.0466. The van der Waals surface area contributed by atoms with Crippen LogP contribution in [-0.2, 0) is 12.7 Å². The largest absolute Gasteiger partial charge is 0.416 e. The molecule has 0 unspecified atom stereocenters. The van der Waals surface area contributed by atoms with Crippen LogP contribution in [-0.4, -0.2) is 29.5 Å². The summed E-state index contributed by atoms with van der Waals surface area (Å²) in [6.45, 7) is 2.33. The zero-order valence-corrected chi connectivity index (χ0v) is 14.3. The van der Waals surface area contributed by atoms with Crippen molar-refractivity contribution in [2.45, 2.75) is 26.1 Å². The number of nitrogens with one attached hydrogen (secondary N) is 1. The number of hydrogen-bond donors (Lipinski definition) is 1. The Morgan fingerprint density at radius 2 is 1.96 bits per heavy atom. The fraction of sp³-hybridized carbons (Fsp3) is 0.353. The van der Waals surface area contributed by atoms with Crippen molar-refractivity contribution < 1.29 is 22.4 Å². The van der Waals surface area contributed by atoms with Crippen LogP contribution in [0.5, 0.6) is 0 Å². The molecule has 5 nitrogen and oxygen atoms in total. The van der Waals surface area contributed by atoms with Gasteiger partial charge in [-0.25, -0.2) is 14.4 Å². The van der Waals surface area contributed by atoms with Gasteiger partial charge in [0.05, 0.1) is 5.56 Å². The van der Waals surface area contributed by atoms with E-state index in [4.69, 9.17) is 0 Å². The Balaban J connectivity index is 2.11.